The van der Waals surface area contributed by atoms with E-state index in [-0.39, 0.29) is 5.91 Å². The van der Waals surface area contributed by atoms with Gasteiger partial charge in [-0.25, -0.2) is 0 Å². The molecule has 1 atom stereocenters. The number of hydrogen-bond donors (Lipinski definition) is 1. The Balaban J connectivity index is 2.03. The number of hydrogen-bond acceptors (Lipinski definition) is 3. The Hall–Kier alpha value is -1.04. The summed E-state index contributed by atoms with van der Waals surface area (Å²) in [4.78, 5) is 19.2. The molecule has 0 aromatic carbocycles. The lowest BCUT2D eigenvalue weighted by Gasteiger charge is -2.25. The molecule has 0 spiro atoms. The lowest BCUT2D eigenvalue weighted by Crippen LogP contribution is -2.38. The highest BCUT2D eigenvalue weighted by Crippen LogP contribution is 2.14. The number of ether oxygens (including phenoxy) is 1. The Bertz CT molecular complexity index is 433. The van der Waals surface area contributed by atoms with E-state index in [1.807, 2.05) is 19.0 Å². The van der Waals surface area contributed by atoms with Gasteiger partial charge in [0.2, 0.25) is 0 Å². The molecule has 106 valence electrons. The summed E-state index contributed by atoms with van der Waals surface area (Å²) in [6.07, 6.45) is 1.63. The van der Waals surface area contributed by atoms with E-state index in [2.05, 4.69) is 9.88 Å². The van der Waals surface area contributed by atoms with E-state index < -0.39 is 0 Å². The van der Waals surface area contributed by atoms with Gasteiger partial charge in [0.15, 0.2) is 0 Å². The van der Waals surface area contributed by atoms with Crippen molar-refractivity contribution >= 4 is 17.5 Å². The first kappa shape index (κ1) is 14.4. The summed E-state index contributed by atoms with van der Waals surface area (Å²) in [5.41, 5.74) is 0.538. The number of amides is 1. The second-order valence-corrected chi connectivity index (χ2v) is 5.62. The zero-order valence-corrected chi connectivity index (χ0v) is 12.1. The molecule has 1 N–H and O–H groups in total. The quantitative estimate of drug-likeness (QED) is 0.911. The van der Waals surface area contributed by atoms with Crippen molar-refractivity contribution in [1.82, 2.24) is 14.8 Å². The molecule has 1 fully saturated rings. The number of aromatic nitrogens is 1. The maximum atomic E-state index is 12.4. The molecule has 1 aromatic rings. The number of carbonyl (C=O) groups is 1. The van der Waals surface area contributed by atoms with Crippen LogP contribution in [0.25, 0.3) is 0 Å². The average Bonchev–Trinajstić information content (AvgIpc) is 2.64. The van der Waals surface area contributed by atoms with E-state index in [1.54, 1.807) is 12.3 Å². The van der Waals surface area contributed by atoms with Gasteiger partial charge in [-0.3, -0.25) is 4.79 Å². The van der Waals surface area contributed by atoms with Crippen LogP contribution in [0.15, 0.2) is 12.3 Å². The van der Waals surface area contributed by atoms with E-state index >= 15 is 0 Å². The predicted molar refractivity (Wildman–Crippen MR) is 74.6 cm³/mol. The van der Waals surface area contributed by atoms with Crippen molar-refractivity contribution in [2.75, 3.05) is 46.9 Å². The Labute approximate surface area is 118 Å². The molecular weight excluding hydrogens is 266 g/mol. The van der Waals surface area contributed by atoms with Gasteiger partial charge >= 0.3 is 0 Å². The van der Waals surface area contributed by atoms with E-state index in [1.165, 1.54) is 0 Å². The largest absolute Gasteiger partial charge is 0.379 e. The Morgan fingerprint density at radius 3 is 3.05 bits per heavy atom. The maximum Gasteiger partial charge on any atom is 0.270 e. The Kier molecular flexibility index (Phi) is 4.85. The van der Waals surface area contributed by atoms with Crippen molar-refractivity contribution in [2.24, 2.45) is 5.92 Å². The second-order valence-electron chi connectivity index (χ2n) is 5.19. The normalized spacial score (nSPS) is 20.6. The smallest absolute Gasteiger partial charge is 0.270 e. The van der Waals surface area contributed by atoms with Crippen LogP contribution >= 0.6 is 11.6 Å². The molecule has 0 radical (unpaired) electrons. The van der Waals surface area contributed by atoms with Crippen LogP contribution in [0.1, 0.15) is 10.5 Å². The van der Waals surface area contributed by atoms with Gasteiger partial charge in [-0.2, -0.15) is 0 Å². The van der Waals surface area contributed by atoms with Crippen molar-refractivity contribution in [1.29, 1.82) is 0 Å². The van der Waals surface area contributed by atoms with Crippen molar-refractivity contribution in [2.45, 2.75) is 0 Å². The molecule has 1 aliphatic heterocycles. The van der Waals surface area contributed by atoms with E-state index in [0.717, 1.165) is 6.54 Å². The monoisotopic (exact) mass is 285 g/mol. The van der Waals surface area contributed by atoms with Crippen molar-refractivity contribution in [3.63, 3.8) is 0 Å². The summed E-state index contributed by atoms with van der Waals surface area (Å²) in [7, 11) is 4.06. The topological polar surface area (TPSA) is 48.6 Å². The number of nitrogens with one attached hydrogen (secondary N) is 1. The summed E-state index contributed by atoms with van der Waals surface area (Å²) in [6, 6.07) is 1.66. The van der Waals surface area contributed by atoms with Gasteiger partial charge in [0.25, 0.3) is 5.91 Å². The molecule has 1 unspecified atom stereocenters. The highest BCUT2D eigenvalue weighted by molar-refractivity contribution is 6.30. The molecule has 2 heterocycles. The van der Waals surface area contributed by atoms with Crippen molar-refractivity contribution in [3.8, 4) is 0 Å². The summed E-state index contributed by atoms with van der Waals surface area (Å²) < 4.78 is 5.57. The molecule has 1 aromatic heterocycles. The number of H-pyrrole nitrogens is 1. The standard InChI is InChI=1S/C13H20ClN3O2/c1-16(2)7-10-8-17(3-4-19-9-10)13(18)12-5-11(14)6-15-12/h5-6,10,15H,3-4,7-9H2,1-2H3. The minimum Gasteiger partial charge on any atom is -0.379 e. The molecule has 0 saturated carbocycles. The zero-order chi connectivity index (χ0) is 13.8. The van der Waals surface area contributed by atoms with Crippen LogP contribution in [-0.4, -0.2) is 67.6 Å². The van der Waals surface area contributed by atoms with Crippen LogP contribution < -0.4 is 0 Å². The van der Waals surface area contributed by atoms with Crippen LogP contribution in [0.3, 0.4) is 0 Å². The first-order valence-electron chi connectivity index (χ1n) is 6.42. The average molecular weight is 286 g/mol. The summed E-state index contributed by atoms with van der Waals surface area (Å²) in [6.45, 7) is 3.54. The summed E-state index contributed by atoms with van der Waals surface area (Å²) in [5, 5.41) is 0.555. The van der Waals surface area contributed by atoms with Crippen molar-refractivity contribution in [3.05, 3.63) is 23.0 Å². The third-order valence-corrected chi connectivity index (χ3v) is 3.34. The van der Waals surface area contributed by atoms with Crippen LogP contribution in [0.2, 0.25) is 5.02 Å². The van der Waals surface area contributed by atoms with Crippen LogP contribution in [0.4, 0.5) is 0 Å². The highest BCUT2D eigenvalue weighted by atomic mass is 35.5. The first-order valence-corrected chi connectivity index (χ1v) is 6.79. The molecule has 0 aliphatic carbocycles. The molecule has 1 aliphatic rings. The van der Waals surface area contributed by atoms with E-state index in [4.69, 9.17) is 16.3 Å². The molecule has 5 nitrogen and oxygen atoms in total. The van der Waals surface area contributed by atoms with Gasteiger partial charge < -0.3 is 19.5 Å². The molecule has 1 saturated heterocycles. The lowest BCUT2D eigenvalue weighted by molar-refractivity contribution is 0.0730. The molecular formula is C13H20ClN3O2. The lowest BCUT2D eigenvalue weighted by atomic mass is 10.1. The number of aromatic amines is 1. The zero-order valence-electron chi connectivity index (χ0n) is 11.4. The van der Waals surface area contributed by atoms with Crippen LogP contribution in [0.5, 0.6) is 0 Å². The maximum absolute atomic E-state index is 12.4. The van der Waals surface area contributed by atoms with Crippen LogP contribution in [-0.2, 0) is 4.74 Å². The predicted octanol–water partition coefficient (Wildman–Crippen LogP) is 1.32. The third kappa shape index (κ3) is 3.96. The molecule has 0 bridgehead atoms. The van der Waals surface area contributed by atoms with Gasteiger partial charge in [0.05, 0.1) is 18.2 Å². The first-order chi connectivity index (χ1) is 9.06. The summed E-state index contributed by atoms with van der Waals surface area (Å²) >= 11 is 5.84. The molecule has 19 heavy (non-hydrogen) atoms. The van der Waals surface area contributed by atoms with Gasteiger partial charge in [-0.1, -0.05) is 11.6 Å². The number of rotatable bonds is 3. The third-order valence-electron chi connectivity index (χ3n) is 3.13. The van der Waals surface area contributed by atoms with Crippen LogP contribution in [0, 0.1) is 5.92 Å². The minimum atomic E-state index is -0.0128. The minimum absolute atomic E-state index is 0.0128. The van der Waals surface area contributed by atoms with Gasteiger partial charge in [-0.05, 0) is 20.2 Å². The number of nitrogens with zero attached hydrogens (tertiary/aromatic N) is 2. The molecule has 6 heteroatoms. The Morgan fingerprint density at radius 1 is 1.63 bits per heavy atom. The summed E-state index contributed by atoms with van der Waals surface area (Å²) in [5.74, 6) is 0.327. The van der Waals surface area contributed by atoms with E-state index in [9.17, 15) is 4.79 Å². The van der Waals surface area contributed by atoms with Gasteiger partial charge in [-0.15, -0.1) is 0 Å². The fraction of sp³-hybridized carbons (Fsp3) is 0.615. The molecule has 2 rings (SSSR count). The second kappa shape index (κ2) is 6.41. The highest BCUT2D eigenvalue weighted by Gasteiger charge is 2.24. The van der Waals surface area contributed by atoms with Crippen molar-refractivity contribution < 1.29 is 9.53 Å². The number of carbonyl (C=O) groups excluding carboxylic acids is 1. The van der Waals surface area contributed by atoms with Gasteiger partial charge in [0.1, 0.15) is 5.69 Å². The van der Waals surface area contributed by atoms with E-state index in [0.29, 0.717) is 42.9 Å². The fourth-order valence-corrected chi connectivity index (χ4v) is 2.52. The number of halogens is 1. The fourth-order valence-electron chi connectivity index (χ4n) is 2.35. The molecule has 1 amide bonds. The van der Waals surface area contributed by atoms with Gasteiger partial charge in [0, 0.05) is 31.7 Å². The Morgan fingerprint density at radius 2 is 2.42 bits per heavy atom. The SMILES string of the molecule is CN(C)CC1COCCN(C(=O)c2cc(Cl)c[nH]2)C1.